The monoisotopic (exact) mass is 358 g/mol. The first-order valence-corrected chi connectivity index (χ1v) is 8.70. The van der Waals surface area contributed by atoms with Crippen molar-refractivity contribution in [2.75, 3.05) is 0 Å². The van der Waals surface area contributed by atoms with Crippen molar-refractivity contribution in [2.24, 2.45) is 0 Å². The van der Waals surface area contributed by atoms with Crippen LogP contribution in [0.15, 0.2) is 33.1 Å². The molecule has 3 rings (SSSR count). The molecule has 0 bridgehead atoms. The van der Waals surface area contributed by atoms with E-state index in [9.17, 15) is 4.79 Å². The van der Waals surface area contributed by atoms with E-state index in [0.29, 0.717) is 11.7 Å². The van der Waals surface area contributed by atoms with E-state index in [1.165, 1.54) is 16.5 Å². The Morgan fingerprint density at radius 3 is 2.80 bits per heavy atom. The van der Waals surface area contributed by atoms with Gasteiger partial charge >= 0.3 is 5.97 Å². The molecule has 0 atom stereocenters. The zero-order valence-electron chi connectivity index (χ0n) is 14.2. The van der Waals surface area contributed by atoms with E-state index in [1.807, 2.05) is 19.1 Å². The minimum Gasteiger partial charge on any atom is -0.462 e. The molecule has 0 aliphatic heterocycles. The van der Waals surface area contributed by atoms with E-state index in [2.05, 4.69) is 24.0 Å². The van der Waals surface area contributed by atoms with E-state index in [4.69, 9.17) is 13.6 Å². The number of thiophene rings is 1. The number of carbonyl (C=O) groups excluding carboxylic acids is 1. The lowest BCUT2D eigenvalue weighted by molar-refractivity contribution is -0.139. The molecule has 7 heteroatoms. The molecule has 3 aromatic rings. The normalized spacial score (nSPS) is 11.3. The van der Waals surface area contributed by atoms with Crippen LogP contribution in [0.3, 0.4) is 0 Å². The minimum absolute atomic E-state index is 0.0711. The van der Waals surface area contributed by atoms with Crippen molar-refractivity contribution in [3.8, 4) is 10.8 Å². The van der Waals surface area contributed by atoms with Gasteiger partial charge in [-0.25, -0.2) is 4.79 Å². The molecule has 3 aromatic heterocycles. The smallest absolute Gasteiger partial charge is 0.331 e. The summed E-state index contributed by atoms with van der Waals surface area (Å²) in [7, 11) is 0. The van der Waals surface area contributed by atoms with Gasteiger partial charge in [0, 0.05) is 11.0 Å². The topological polar surface area (TPSA) is 78.4 Å². The largest absolute Gasteiger partial charge is 0.462 e. The molecular weight excluding hydrogens is 340 g/mol. The first-order chi connectivity index (χ1) is 12.0. The lowest BCUT2D eigenvalue weighted by atomic mass is 10.2. The molecule has 0 fully saturated rings. The van der Waals surface area contributed by atoms with Gasteiger partial charge in [0.2, 0.25) is 0 Å². The van der Waals surface area contributed by atoms with Crippen molar-refractivity contribution in [1.82, 2.24) is 10.2 Å². The van der Waals surface area contributed by atoms with Crippen molar-refractivity contribution < 1.29 is 18.4 Å². The van der Waals surface area contributed by atoms with Gasteiger partial charge in [0.05, 0.1) is 4.88 Å². The molecule has 0 aliphatic rings. The summed E-state index contributed by atoms with van der Waals surface area (Å²) in [5, 5.41) is 7.94. The Bertz CT molecular complexity index is 904. The lowest BCUT2D eigenvalue weighted by Crippen LogP contribution is -2.00. The van der Waals surface area contributed by atoms with Crippen LogP contribution >= 0.6 is 11.3 Å². The summed E-state index contributed by atoms with van der Waals surface area (Å²) in [6.45, 7) is 5.93. The standard InChI is InChI=1S/C18H18N2O4S/c1-4-14-11(2)9-15(25-14)18-20-19-16(24-18)10-22-17(21)8-7-13-6-5-12(3)23-13/h5-9H,4,10H2,1-3H3/b8-7+. The number of rotatable bonds is 6. The molecule has 0 amide bonds. The van der Waals surface area contributed by atoms with Gasteiger partial charge in [-0.1, -0.05) is 6.92 Å². The Morgan fingerprint density at radius 1 is 1.28 bits per heavy atom. The van der Waals surface area contributed by atoms with Crippen molar-refractivity contribution in [3.63, 3.8) is 0 Å². The van der Waals surface area contributed by atoms with Crippen molar-refractivity contribution >= 4 is 23.4 Å². The van der Waals surface area contributed by atoms with E-state index < -0.39 is 5.97 Å². The molecule has 0 aromatic carbocycles. The van der Waals surface area contributed by atoms with E-state index in [1.54, 1.807) is 23.5 Å². The first-order valence-electron chi connectivity index (χ1n) is 7.88. The average molecular weight is 358 g/mol. The van der Waals surface area contributed by atoms with Crippen molar-refractivity contribution in [1.29, 1.82) is 0 Å². The fraction of sp³-hybridized carbons (Fsp3) is 0.278. The van der Waals surface area contributed by atoms with Crippen LogP contribution in [0.25, 0.3) is 16.8 Å². The molecule has 0 radical (unpaired) electrons. The molecule has 0 saturated heterocycles. The first kappa shape index (κ1) is 17.2. The SMILES string of the molecule is CCc1sc(-c2nnc(COC(=O)/C=C/c3ccc(C)o3)o2)cc1C. The summed E-state index contributed by atoms with van der Waals surface area (Å²) in [4.78, 5) is 13.9. The maximum atomic E-state index is 11.7. The summed E-state index contributed by atoms with van der Waals surface area (Å²) in [5.74, 6) is 1.57. The molecule has 0 saturated carbocycles. The number of ether oxygens (including phenoxy) is 1. The highest BCUT2D eigenvalue weighted by Crippen LogP contribution is 2.30. The number of nitrogens with zero attached hydrogens (tertiary/aromatic N) is 2. The number of carbonyl (C=O) groups is 1. The van der Waals surface area contributed by atoms with Gasteiger partial charge in [0.25, 0.3) is 11.8 Å². The van der Waals surface area contributed by atoms with Gasteiger partial charge in [0.15, 0.2) is 6.61 Å². The second kappa shape index (κ2) is 7.48. The zero-order chi connectivity index (χ0) is 17.8. The van der Waals surface area contributed by atoms with Crippen molar-refractivity contribution in [2.45, 2.75) is 33.8 Å². The molecule has 3 heterocycles. The van der Waals surface area contributed by atoms with E-state index >= 15 is 0 Å². The Labute approximate surface area is 149 Å². The molecule has 0 aliphatic carbocycles. The van der Waals surface area contributed by atoms with Gasteiger partial charge in [-0.15, -0.1) is 21.5 Å². The van der Waals surface area contributed by atoms with Crippen LogP contribution in [0.1, 0.15) is 34.8 Å². The fourth-order valence-electron chi connectivity index (χ4n) is 2.26. The van der Waals surface area contributed by atoms with Crippen molar-refractivity contribution in [3.05, 3.63) is 52.1 Å². The highest BCUT2D eigenvalue weighted by atomic mass is 32.1. The predicted octanol–water partition coefficient (Wildman–Crippen LogP) is 4.33. The molecule has 6 nitrogen and oxygen atoms in total. The quantitative estimate of drug-likeness (QED) is 0.482. The molecular formula is C18H18N2O4S. The zero-order valence-corrected chi connectivity index (χ0v) is 15.1. The summed E-state index contributed by atoms with van der Waals surface area (Å²) in [5.41, 5.74) is 1.21. The van der Waals surface area contributed by atoms with Gasteiger partial charge in [-0.3, -0.25) is 0 Å². The summed E-state index contributed by atoms with van der Waals surface area (Å²) in [6.07, 6.45) is 3.82. The van der Waals surface area contributed by atoms with Crippen LogP contribution in [0, 0.1) is 13.8 Å². The summed E-state index contributed by atoms with van der Waals surface area (Å²) < 4.78 is 16.0. The second-order valence-corrected chi connectivity index (χ2v) is 6.60. The summed E-state index contributed by atoms with van der Waals surface area (Å²) in [6, 6.07) is 5.62. The third-order valence-electron chi connectivity index (χ3n) is 3.50. The number of esters is 1. The van der Waals surface area contributed by atoms with E-state index in [0.717, 1.165) is 17.1 Å². The molecule has 0 spiro atoms. The van der Waals surface area contributed by atoms with Crippen LogP contribution in [0.5, 0.6) is 0 Å². The number of hydrogen-bond acceptors (Lipinski definition) is 7. The minimum atomic E-state index is -0.506. The molecule has 130 valence electrons. The Morgan fingerprint density at radius 2 is 2.12 bits per heavy atom. The van der Waals surface area contributed by atoms with Gasteiger partial charge < -0.3 is 13.6 Å². The second-order valence-electron chi connectivity index (χ2n) is 5.46. The summed E-state index contributed by atoms with van der Waals surface area (Å²) >= 11 is 1.63. The number of hydrogen-bond donors (Lipinski definition) is 0. The van der Waals surface area contributed by atoms with Gasteiger partial charge in [-0.2, -0.15) is 0 Å². The Balaban J connectivity index is 1.57. The van der Waals surface area contributed by atoms with Crippen LogP contribution in [0.2, 0.25) is 0 Å². The average Bonchev–Trinajstić information content (AvgIpc) is 3.30. The van der Waals surface area contributed by atoms with Gasteiger partial charge in [0.1, 0.15) is 11.5 Å². The van der Waals surface area contributed by atoms with Crippen LogP contribution in [-0.2, 0) is 22.6 Å². The Hall–Kier alpha value is -2.67. The number of aryl methyl sites for hydroxylation is 3. The highest BCUT2D eigenvalue weighted by Gasteiger charge is 2.13. The van der Waals surface area contributed by atoms with Crippen LogP contribution in [0.4, 0.5) is 0 Å². The van der Waals surface area contributed by atoms with Gasteiger partial charge in [-0.05, 0) is 50.1 Å². The number of furan rings is 1. The number of aromatic nitrogens is 2. The highest BCUT2D eigenvalue weighted by molar-refractivity contribution is 7.15. The Kier molecular flexibility index (Phi) is 5.14. The van der Waals surface area contributed by atoms with Crippen LogP contribution in [-0.4, -0.2) is 16.2 Å². The lowest BCUT2D eigenvalue weighted by Gasteiger charge is -1.96. The molecule has 0 N–H and O–H groups in total. The molecule has 0 unspecified atom stereocenters. The predicted molar refractivity (Wildman–Crippen MR) is 94.0 cm³/mol. The third-order valence-corrected chi connectivity index (χ3v) is 4.87. The maximum absolute atomic E-state index is 11.7. The van der Waals surface area contributed by atoms with E-state index in [-0.39, 0.29) is 12.5 Å². The maximum Gasteiger partial charge on any atom is 0.331 e. The van der Waals surface area contributed by atoms with Crippen LogP contribution < -0.4 is 0 Å². The third kappa shape index (κ3) is 4.24. The molecule has 25 heavy (non-hydrogen) atoms. The fourth-order valence-corrected chi connectivity index (χ4v) is 3.30.